The van der Waals surface area contributed by atoms with E-state index < -0.39 is 0 Å². The maximum absolute atomic E-state index is 5.42. The van der Waals surface area contributed by atoms with E-state index in [1.807, 2.05) is 14.1 Å². The second-order valence-electron chi connectivity index (χ2n) is 4.07. The maximum atomic E-state index is 5.42. The molecule has 0 saturated carbocycles. The van der Waals surface area contributed by atoms with Crippen LogP contribution in [0.15, 0.2) is 12.1 Å². The molecule has 0 fully saturated rings. The fraction of sp³-hybridized carbons (Fsp3) is 0.538. The summed E-state index contributed by atoms with van der Waals surface area (Å²) in [6, 6.07) is 4.17. The van der Waals surface area contributed by atoms with Crippen molar-refractivity contribution in [2.45, 2.75) is 19.9 Å². The van der Waals surface area contributed by atoms with Crippen LogP contribution in [0.3, 0.4) is 0 Å². The van der Waals surface area contributed by atoms with Gasteiger partial charge in [0, 0.05) is 6.54 Å². The highest BCUT2D eigenvalue weighted by Crippen LogP contribution is 2.31. The molecule has 0 N–H and O–H groups in total. The summed E-state index contributed by atoms with van der Waals surface area (Å²) in [7, 11) is 7.47. The average molecular weight is 223 g/mol. The molecule has 1 aromatic carbocycles. The molecule has 0 heterocycles. The fourth-order valence-electron chi connectivity index (χ4n) is 1.71. The third-order valence-electron chi connectivity index (χ3n) is 2.55. The molecule has 0 radical (unpaired) electrons. The number of hydrogen-bond acceptors (Lipinski definition) is 3. The molecule has 0 saturated heterocycles. The van der Waals surface area contributed by atoms with Gasteiger partial charge in [-0.2, -0.15) is 0 Å². The maximum Gasteiger partial charge on any atom is 0.127 e. The lowest BCUT2D eigenvalue weighted by Gasteiger charge is -2.18. The van der Waals surface area contributed by atoms with Gasteiger partial charge in [0.25, 0.3) is 0 Å². The molecule has 0 aliphatic heterocycles. The van der Waals surface area contributed by atoms with Crippen LogP contribution in [-0.4, -0.2) is 33.2 Å². The lowest BCUT2D eigenvalue weighted by Crippen LogP contribution is -2.13. The summed E-state index contributed by atoms with van der Waals surface area (Å²) in [6.45, 7) is 2.94. The minimum absolute atomic E-state index is 0.816. The first-order valence-electron chi connectivity index (χ1n) is 5.50. The van der Waals surface area contributed by atoms with E-state index in [-0.39, 0.29) is 0 Å². The molecule has 0 aliphatic rings. The number of nitrogens with zero attached hydrogens (tertiary/aromatic N) is 1. The van der Waals surface area contributed by atoms with Gasteiger partial charge in [0.1, 0.15) is 11.5 Å². The van der Waals surface area contributed by atoms with E-state index in [0.717, 1.165) is 30.0 Å². The van der Waals surface area contributed by atoms with E-state index in [1.54, 1.807) is 14.2 Å². The van der Waals surface area contributed by atoms with Gasteiger partial charge < -0.3 is 14.4 Å². The number of methoxy groups -OCH3 is 2. The van der Waals surface area contributed by atoms with Crippen molar-refractivity contribution >= 4 is 0 Å². The van der Waals surface area contributed by atoms with E-state index in [2.05, 4.69) is 24.0 Å². The van der Waals surface area contributed by atoms with Crippen molar-refractivity contribution in [3.8, 4) is 11.5 Å². The Balaban J connectivity index is 3.20. The molecular formula is C13H21NO2. The van der Waals surface area contributed by atoms with Crippen LogP contribution >= 0.6 is 0 Å². The Morgan fingerprint density at radius 2 is 1.56 bits per heavy atom. The third-order valence-corrected chi connectivity index (χ3v) is 2.55. The second kappa shape index (κ2) is 5.75. The van der Waals surface area contributed by atoms with E-state index >= 15 is 0 Å². The molecule has 1 rings (SSSR count). The molecule has 0 spiro atoms. The summed E-state index contributed by atoms with van der Waals surface area (Å²) in [5.74, 6) is 1.81. The Morgan fingerprint density at radius 3 is 1.88 bits per heavy atom. The number of benzene rings is 1. The highest BCUT2D eigenvalue weighted by atomic mass is 16.5. The Morgan fingerprint density at radius 1 is 1.06 bits per heavy atom. The average Bonchev–Trinajstić information content (AvgIpc) is 2.28. The minimum atomic E-state index is 0.816. The Kier molecular flexibility index (Phi) is 4.62. The van der Waals surface area contributed by atoms with Crippen LogP contribution in [0.25, 0.3) is 0 Å². The van der Waals surface area contributed by atoms with Crippen molar-refractivity contribution in [2.75, 3.05) is 28.3 Å². The summed E-state index contributed by atoms with van der Waals surface area (Å²) in [6.07, 6.45) is 0.981. The smallest absolute Gasteiger partial charge is 0.127 e. The van der Waals surface area contributed by atoms with Crippen LogP contribution in [0.2, 0.25) is 0 Å². The van der Waals surface area contributed by atoms with Crippen LogP contribution < -0.4 is 9.47 Å². The molecule has 0 bridgehead atoms. The molecule has 0 aliphatic carbocycles. The van der Waals surface area contributed by atoms with Crippen LogP contribution in [0, 0.1) is 0 Å². The summed E-state index contributed by atoms with van der Waals surface area (Å²) >= 11 is 0. The zero-order chi connectivity index (χ0) is 12.1. The molecule has 0 amide bonds. The molecule has 0 unspecified atom stereocenters. The summed E-state index contributed by atoms with van der Waals surface area (Å²) in [5.41, 5.74) is 2.34. The molecular weight excluding hydrogens is 202 g/mol. The largest absolute Gasteiger partial charge is 0.496 e. The predicted molar refractivity (Wildman–Crippen MR) is 66.3 cm³/mol. The van der Waals surface area contributed by atoms with E-state index in [0.29, 0.717) is 0 Å². The molecule has 90 valence electrons. The van der Waals surface area contributed by atoms with Crippen molar-refractivity contribution in [3.05, 3.63) is 23.3 Å². The van der Waals surface area contributed by atoms with Crippen LogP contribution in [-0.2, 0) is 13.0 Å². The van der Waals surface area contributed by atoms with Gasteiger partial charge in [0.15, 0.2) is 0 Å². The van der Waals surface area contributed by atoms with E-state index in [9.17, 15) is 0 Å². The quantitative estimate of drug-likeness (QED) is 0.764. The summed E-state index contributed by atoms with van der Waals surface area (Å²) < 4.78 is 10.8. The molecule has 0 aromatic heterocycles. The predicted octanol–water partition coefficient (Wildman–Crippen LogP) is 2.33. The first kappa shape index (κ1) is 12.8. The van der Waals surface area contributed by atoms with Gasteiger partial charge in [0.05, 0.1) is 19.8 Å². The lowest BCUT2D eigenvalue weighted by atomic mass is 10.1. The third kappa shape index (κ3) is 2.89. The Labute approximate surface area is 98.0 Å². The first-order chi connectivity index (χ1) is 7.62. The van der Waals surface area contributed by atoms with Gasteiger partial charge >= 0.3 is 0 Å². The second-order valence-corrected chi connectivity index (χ2v) is 4.07. The highest BCUT2D eigenvalue weighted by molar-refractivity contribution is 5.48. The Bertz CT molecular complexity index is 323. The SMILES string of the molecule is CCc1cc(OC)c(CN(C)C)c(OC)c1. The van der Waals surface area contributed by atoms with Gasteiger partial charge in [-0.25, -0.2) is 0 Å². The first-order valence-corrected chi connectivity index (χ1v) is 5.50. The van der Waals surface area contributed by atoms with Crippen LogP contribution in [0.1, 0.15) is 18.1 Å². The molecule has 16 heavy (non-hydrogen) atoms. The summed E-state index contributed by atoms with van der Waals surface area (Å²) in [4.78, 5) is 2.10. The van der Waals surface area contributed by atoms with E-state index in [4.69, 9.17) is 9.47 Å². The molecule has 3 nitrogen and oxygen atoms in total. The lowest BCUT2D eigenvalue weighted by molar-refractivity contribution is 0.348. The minimum Gasteiger partial charge on any atom is -0.496 e. The number of aryl methyl sites for hydroxylation is 1. The van der Waals surface area contributed by atoms with Crippen molar-refractivity contribution < 1.29 is 9.47 Å². The van der Waals surface area contributed by atoms with Gasteiger partial charge in [0.2, 0.25) is 0 Å². The van der Waals surface area contributed by atoms with Crippen molar-refractivity contribution in [3.63, 3.8) is 0 Å². The monoisotopic (exact) mass is 223 g/mol. The standard InChI is InChI=1S/C13H21NO2/c1-6-10-7-12(15-4)11(9-14(2)3)13(8-10)16-5/h7-8H,6,9H2,1-5H3. The van der Waals surface area contributed by atoms with Crippen molar-refractivity contribution in [1.82, 2.24) is 4.90 Å². The van der Waals surface area contributed by atoms with Crippen LogP contribution in [0.4, 0.5) is 0 Å². The highest BCUT2D eigenvalue weighted by Gasteiger charge is 2.12. The van der Waals surface area contributed by atoms with Crippen molar-refractivity contribution in [2.24, 2.45) is 0 Å². The fourth-order valence-corrected chi connectivity index (χ4v) is 1.71. The summed E-state index contributed by atoms with van der Waals surface area (Å²) in [5, 5.41) is 0. The van der Waals surface area contributed by atoms with E-state index in [1.165, 1.54) is 5.56 Å². The van der Waals surface area contributed by atoms with Gasteiger partial charge in [-0.3, -0.25) is 0 Å². The topological polar surface area (TPSA) is 21.7 Å². The van der Waals surface area contributed by atoms with Gasteiger partial charge in [-0.15, -0.1) is 0 Å². The zero-order valence-electron chi connectivity index (χ0n) is 10.8. The van der Waals surface area contributed by atoms with Gasteiger partial charge in [-0.1, -0.05) is 6.92 Å². The zero-order valence-corrected chi connectivity index (χ0v) is 10.8. The number of rotatable bonds is 5. The molecule has 1 aromatic rings. The Hall–Kier alpha value is -1.22. The number of ether oxygens (including phenoxy) is 2. The molecule has 0 atom stereocenters. The normalized spacial score (nSPS) is 10.6. The van der Waals surface area contributed by atoms with Gasteiger partial charge in [-0.05, 0) is 38.2 Å². The van der Waals surface area contributed by atoms with Crippen molar-refractivity contribution in [1.29, 1.82) is 0 Å². The number of hydrogen-bond donors (Lipinski definition) is 0. The van der Waals surface area contributed by atoms with Crippen LogP contribution in [0.5, 0.6) is 11.5 Å². The molecule has 3 heteroatoms.